The van der Waals surface area contributed by atoms with Crippen molar-refractivity contribution in [1.29, 1.82) is 0 Å². The number of ether oxygens (including phenoxy) is 3. The lowest BCUT2D eigenvalue weighted by Crippen LogP contribution is -2.30. The van der Waals surface area contributed by atoms with E-state index in [2.05, 4.69) is 179 Å². The molecule has 1 unspecified atom stereocenters. The monoisotopic (exact) mass is 1030 g/mol. The van der Waals surface area contributed by atoms with Crippen LogP contribution in [0.25, 0.3) is 0 Å². The van der Waals surface area contributed by atoms with Gasteiger partial charge in [-0.2, -0.15) is 0 Å². The SMILES string of the molecule is CC/C=C\C/C=C\C/C=C\C/C=C\C/C=C\C/C=C\C/C=C\CCCCCCCCCC(=O)OCC(COC(=O)CCCCCCC/C=C\C/C=C\CCC)OC(=O)C/C=C\C/C=C\C/C=C\C/C=C\C/C=C\CC. The molecule has 6 nitrogen and oxygen atoms in total. The molecule has 75 heavy (non-hydrogen) atoms. The third-order valence-electron chi connectivity index (χ3n) is 11.7. The summed E-state index contributed by atoms with van der Waals surface area (Å²) in [5.41, 5.74) is 0. The van der Waals surface area contributed by atoms with Crippen molar-refractivity contribution in [2.24, 2.45) is 0 Å². The Morgan fingerprint density at radius 1 is 0.293 bits per heavy atom. The third kappa shape index (κ3) is 59.5. The number of hydrogen-bond donors (Lipinski definition) is 0. The molecule has 0 heterocycles. The molecule has 0 aromatic rings. The Bertz CT molecular complexity index is 1750. The molecule has 0 saturated carbocycles. The van der Waals surface area contributed by atoms with Crippen molar-refractivity contribution in [3.63, 3.8) is 0 Å². The van der Waals surface area contributed by atoms with Gasteiger partial charge in [-0.25, -0.2) is 0 Å². The molecule has 0 bridgehead atoms. The summed E-state index contributed by atoms with van der Waals surface area (Å²) in [6.07, 6.45) is 90.9. The van der Waals surface area contributed by atoms with E-state index in [1.165, 1.54) is 25.7 Å². The molecule has 0 saturated heterocycles. The summed E-state index contributed by atoms with van der Waals surface area (Å²) in [6, 6.07) is 0. The van der Waals surface area contributed by atoms with Crippen LogP contribution in [0.5, 0.6) is 0 Å². The maximum absolute atomic E-state index is 12.8. The molecule has 0 rings (SSSR count). The van der Waals surface area contributed by atoms with Gasteiger partial charge in [0.25, 0.3) is 0 Å². The largest absolute Gasteiger partial charge is 0.462 e. The highest BCUT2D eigenvalue weighted by Gasteiger charge is 2.19. The maximum Gasteiger partial charge on any atom is 0.310 e. The van der Waals surface area contributed by atoms with Crippen molar-refractivity contribution >= 4 is 17.9 Å². The van der Waals surface area contributed by atoms with E-state index in [9.17, 15) is 14.4 Å². The van der Waals surface area contributed by atoms with Gasteiger partial charge in [-0.05, 0) is 128 Å². The predicted octanol–water partition coefficient (Wildman–Crippen LogP) is 20.3. The molecule has 418 valence electrons. The summed E-state index contributed by atoms with van der Waals surface area (Å²) in [4.78, 5) is 38.1. The Morgan fingerprint density at radius 3 is 0.880 bits per heavy atom. The second-order valence-electron chi connectivity index (χ2n) is 18.8. The number of esters is 3. The summed E-state index contributed by atoms with van der Waals surface area (Å²) >= 11 is 0. The van der Waals surface area contributed by atoms with Gasteiger partial charge in [-0.15, -0.1) is 0 Å². The second-order valence-corrected chi connectivity index (χ2v) is 18.8. The first-order valence-corrected chi connectivity index (χ1v) is 29.6. The molecule has 0 aromatic carbocycles. The van der Waals surface area contributed by atoms with Crippen LogP contribution in [0.3, 0.4) is 0 Å². The fourth-order valence-corrected chi connectivity index (χ4v) is 7.36. The van der Waals surface area contributed by atoms with E-state index in [1.807, 2.05) is 6.08 Å². The van der Waals surface area contributed by atoms with Crippen LogP contribution >= 0.6 is 0 Å². The molecule has 0 aliphatic heterocycles. The summed E-state index contributed by atoms with van der Waals surface area (Å²) in [5.74, 6) is -1.10. The van der Waals surface area contributed by atoms with Crippen molar-refractivity contribution in [2.45, 2.75) is 232 Å². The number of carbonyl (C=O) groups excluding carboxylic acids is 3. The molecule has 1 atom stereocenters. The van der Waals surface area contributed by atoms with Crippen LogP contribution in [0.2, 0.25) is 0 Å². The Hall–Kier alpha value is -5.23. The van der Waals surface area contributed by atoms with Crippen LogP contribution in [-0.2, 0) is 28.6 Å². The lowest BCUT2D eigenvalue weighted by Gasteiger charge is -2.18. The van der Waals surface area contributed by atoms with Gasteiger partial charge in [0.05, 0.1) is 6.42 Å². The smallest absolute Gasteiger partial charge is 0.310 e. The average Bonchev–Trinajstić information content (AvgIpc) is 3.41. The molecule has 0 radical (unpaired) electrons. The van der Waals surface area contributed by atoms with E-state index >= 15 is 0 Å². The summed E-state index contributed by atoms with van der Waals surface area (Å²) in [5, 5.41) is 0. The number of unbranched alkanes of at least 4 members (excludes halogenated alkanes) is 13. The number of allylic oxidation sites excluding steroid dienone is 27. The Kier molecular flexibility index (Phi) is 57.0. The molecule has 0 amide bonds. The molecule has 0 N–H and O–H groups in total. The Balaban J connectivity index is 4.43. The fraction of sp³-hybridized carbons (Fsp3) is 0.551. The van der Waals surface area contributed by atoms with Crippen LogP contribution in [0.4, 0.5) is 0 Å². The van der Waals surface area contributed by atoms with Crippen LogP contribution in [0.15, 0.2) is 170 Å². The van der Waals surface area contributed by atoms with Gasteiger partial charge in [0.1, 0.15) is 13.2 Å². The fourth-order valence-electron chi connectivity index (χ4n) is 7.36. The first-order valence-electron chi connectivity index (χ1n) is 29.6. The van der Waals surface area contributed by atoms with Crippen molar-refractivity contribution in [3.8, 4) is 0 Å². The molecule has 0 aliphatic carbocycles. The van der Waals surface area contributed by atoms with E-state index in [4.69, 9.17) is 14.2 Å². The minimum atomic E-state index is -0.852. The molecule has 0 fully saturated rings. The zero-order chi connectivity index (χ0) is 54.3. The highest BCUT2D eigenvalue weighted by molar-refractivity contribution is 5.72. The van der Waals surface area contributed by atoms with Crippen molar-refractivity contribution in [2.75, 3.05) is 13.2 Å². The number of carbonyl (C=O) groups is 3. The van der Waals surface area contributed by atoms with E-state index in [0.29, 0.717) is 19.3 Å². The van der Waals surface area contributed by atoms with Crippen LogP contribution < -0.4 is 0 Å². The first-order chi connectivity index (χ1) is 37.0. The van der Waals surface area contributed by atoms with Gasteiger partial charge in [0.2, 0.25) is 0 Å². The number of rotatable bonds is 51. The average molecular weight is 1030 g/mol. The maximum atomic E-state index is 12.8. The first kappa shape index (κ1) is 69.8. The molecular weight excluding hydrogens is 925 g/mol. The quantitative estimate of drug-likeness (QED) is 0.0261. The summed E-state index contributed by atoms with van der Waals surface area (Å²) in [7, 11) is 0. The predicted molar refractivity (Wildman–Crippen MR) is 325 cm³/mol. The van der Waals surface area contributed by atoms with Crippen molar-refractivity contribution in [1.82, 2.24) is 0 Å². The third-order valence-corrected chi connectivity index (χ3v) is 11.7. The van der Waals surface area contributed by atoms with E-state index in [0.717, 1.165) is 154 Å². The van der Waals surface area contributed by atoms with Gasteiger partial charge in [0, 0.05) is 12.8 Å². The normalized spacial score (nSPS) is 13.4. The van der Waals surface area contributed by atoms with Gasteiger partial charge in [0.15, 0.2) is 6.10 Å². The summed E-state index contributed by atoms with van der Waals surface area (Å²) in [6.45, 7) is 6.22. The van der Waals surface area contributed by atoms with E-state index in [-0.39, 0.29) is 31.6 Å². The zero-order valence-corrected chi connectivity index (χ0v) is 47.7. The molecule has 0 spiro atoms. The zero-order valence-electron chi connectivity index (χ0n) is 47.7. The molecular formula is C69H106O6. The molecule has 0 aliphatic rings. The van der Waals surface area contributed by atoms with E-state index < -0.39 is 12.1 Å². The molecule has 6 heteroatoms. The lowest BCUT2D eigenvalue weighted by molar-refractivity contribution is -0.166. The minimum absolute atomic E-state index is 0.0828. The minimum Gasteiger partial charge on any atom is -0.462 e. The lowest BCUT2D eigenvalue weighted by atomic mass is 10.1. The van der Waals surface area contributed by atoms with Crippen molar-refractivity contribution < 1.29 is 28.6 Å². The Morgan fingerprint density at radius 2 is 0.560 bits per heavy atom. The van der Waals surface area contributed by atoms with Crippen molar-refractivity contribution in [3.05, 3.63) is 170 Å². The standard InChI is InChI=1S/C69H106O6/c1-4-7-10-13-16-19-22-25-27-28-29-30-31-32-33-34-35-36-37-38-39-40-42-44-47-50-53-56-59-62-68(71)74-65-66(64-73-67(70)61-58-55-52-49-46-43-24-21-18-15-12-9-6-3)75-69(72)63-60-57-54-51-48-45-41-26-23-20-17-14-11-8-5-2/h7-8,10-12,15-17,19-21,24-27,29-30,32-33,35-36,38-39,41,48,51,57,60,66H,4-6,9,13-14,18,22-23,28,31,34,37,40,42-47,49-50,52-56,58-59,61-65H2,1-3H3/b10-7-,11-8-,15-12-,19-16-,20-17-,24-21-,27-25-,30-29-,33-32-,36-35-,39-38-,41-26-,51-48-,60-57-. The van der Waals surface area contributed by atoms with Crippen LogP contribution in [0.1, 0.15) is 226 Å². The van der Waals surface area contributed by atoms with Gasteiger partial charge < -0.3 is 14.2 Å². The summed E-state index contributed by atoms with van der Waals surface area (Å²) < 4.78 is 16.7. The Labute approximate surface area is 460 Å². The van der Waals surface area contributed by atoms with E-state index in [1.54, 1.807) is 6.08 Å². The van der Waals surface area contributed by atoms with Gasteiger partial charge in [-0.1, -0.05) is 249 Å². The van der Waals surface area contributed by atoms with Gasteiger partial charge in [-0.3, -0.25) is 14.4 Å². The van der Waals surface area contributed by atoms with Crippen LogP contribution in [-0.4, -0.2) is 37.2 Å². The highest BCUT2D eigenvalue weighted by Crippen LogP contribution is 2.13. The molecule has 0 aromatic heterocycles. The number of hydrogen-bond acceptors (Lipinski definition) is 6. The highest BCUT2D eigenvalue weighted by atomic mass is 16.6. The van der Waals surface area contributed by atoms with Gasteiger partial charge >= 0.3 is 17.9 Å². The van der Waals surface area contributed by atoms with Crippen LogP contribution in [0, 0.1) is 0 Å². The second kappa shape index (κ2) is 61.3. The topological polar surface area (TPSA) is 78.9 Å².